The maximum Gasteiger partial charge on any atom is 0.117 e. The van der Waals surface area contributed by atoms with E-state index in [9.17, 15) is 0 Å². The number of aromatic nitrogens is 4. The van der Waals surface area contributed by atoms with E-state index in [1.54, 1.807) is 12.5 Å². The molecule has 0 radical (unpaired) electrons. The van der Waals surface area contributed by atoms with Gasteiger partial charge in [-0.3, -0.25) is 4.98 Å². The average Bonchev–Trinajstić information content (AvgIpc) is 2.89. The van der Waals surface area contributed by atoms with Gasteiger partial charge in [-0.1, -0.05) is 6.07 Å². The smallest absolute Gasteiger partial charge is 0.117 e. The topological polar surface area (TPSA) is 54.5 Å². The van der Waals surface area contributed by atoms with Crippen molar-refractivity contribution in [1.82, 2.24) is 19.9 Å². The lowest BCUT2D eigenvalue weighted by molar-refractivity contribution is 1.34. The summed E-state index contributed by atoms with van der Waals surface area (Å²) in [5.41, 5.74) is 2.84. The predicted molar refractivity (Wildman–Crippen MR) is 66.7 cm³/mol. The van der Waals surface area contributed by atoms with Gasteiger partial charge in [-0.05, 0) is 17.5 Å². The molecule has 0 amide bonds. The van der Waals surface area contributed by atoms with E-state index in [1.807, 2.05) is 24.5 Å². The molecule has 1 N–H and O–H groups in total. The maximum absolute atomic E-state index is 4.33. The summed E-state index contributed by atoms with van der Waals surface area (Å²) >= 11 is 0. The van der Waals surface area contributed by atoms with Crippen molar-refractivity contribution < 1.29 is 0 Å². The van der Waals surface area contributed by atoms with Gasteiger partial charge in [0.25, 0.3) is 0 Å². The summed E-state index contributed by atoms with van der Waals surface area (Å²) in [5.74, 6) is 0. The van der Waals surface area contributed by atoms with Crippen LogP contribution in [0.25, 0.3) is 32.7 Å². The van der Waals surface area contributed by atoms with E-state index in [2.05, 4.69) is 26.0 Å². The summed E-state index contributed by atoms with van der Waals surface area (Å²) in [5, 5.41) is 3.35. The normalized spacial score (nSPS) is 11.5. The third kappa shape index (κ3) is 1.04. The summed E-state index contributed by atoms with van der Waals surface area (Å²) < 4.78 is 0. The number of rotatable bonds is 0. The molecule has 0 fully saturated rings. The van der Waals surface area contributed by atoms with Gasteiger partial charge >= 0.3 is 0 Å². The average molecular weight is 220 g/mol. The zero-order valence-electron chi connectivity index (χ0n) is 8.88. The first kappa shape index (κ1) is 8.64. The molecule has 0 atom stereocenters. The van der Waals surface area contributed by atoms with Crippen molar-refractivity contribution in [2.45, 2.75) is 0 Å². The molecule has 3 heterocycles. The van der Waals surface area contributed by atoms with Crippen molar-refractivity contribution >= 4 is 32.7 Å². The summed E-state index contributed by atoms with van der Waals surface area (Å²) in [6, 6.07) is 6.09. The largest absolute Gasteiger partial charge is 0.359 e. The van der Waals surface area contributed by atoms with Gasteiger partial charge in [-0.2, -0.15) is 0 Å². The van der Waals surface area contributed by atoms with Gasteiger partial charge < -0.3 is 4.98 Å². The van der Waals surface area contributed by atoms with E-state index >= 15 is 0 Å². The van der Waals surface area contributed by atoms with Crippen molar-refractivity contribution in [3.63, 3.8) is 0 Å². The molecule has 4 aromatic rings. The van der Waals surface area contributed by atoms with Crippen LogP contribution in [0.2, 0.25) is 0 Å². The summed E-state index contributed by atoms with van der Waals surface area (Å²) in [6.07, 6.45) is 7.15. The number of hydrogen-bond donors (Lipinski definition) is 1. The fourth-order valence-electron chi connectivity index (χ4n) is 2.32. The van der Waals surface area contributed by atoms with Crippen molar-refractivity contribution in [1.29, 1.82) is 0 Å². The summed E-state index contributed by atoms with van der Waals surface area (Å²) in [4.78, 5) is 16.1. The number of H-pyrrole nitrogens is 1. The van der Waals surface area contributed by atoms with E-state index in [1.165, 1.54) is 0 Å². The van der Waals surface area contributed by atoms with Crippen molar-refractivity contribution in [3.8, 4) is 0 Å². The van der Waals surface area contributed by atoms with Gasteiger partial charge in [0.15, 0.2) is 0 Å². The van der Waals surface area contributed by atoms with Crippen LogP contribution in [-0.4, -0.2) is 19.9 Å². The Morgan fingerprint density at radius 3 is 2.88 bits per heavy atom. The van der Waals surface area contributed by atoms with Crippen LogP contribution in [0.5, 0.6) is 0 Å². The van der Waals surface area contributed by atoms with Gasteiger partial charge in [0.2, 0.25) is 0 Å². The van der Waals surface area contributed by atoms with E-state index in [4.69, 9.17) is 0 Å². The third-order valence-electron chi connectivity index (χ3n) is 3.06. The maximum atomic E-state index is 4.33. The number of pyridine rings is 2. The minimum atomic E-state index is 0.904. The Balaban J connectivity index is 2.48. The van der Waals surface area contributed by atoms with E-state index in [-0.39, 0.29) is 0 Å². The van der Waals surface area contributed by atoms with E-state index in [0.717, 1.165) is 32.7 Å². The molecular formula is C13H8N4. The molecule has 0 unspecified atom stereocenters. The minimum absolute atomic E-state index is 0.904. The molecule has 3 aromatic heterocycles. The molecule has 4 nitrogen and oxygen atoms in total. The number of nitrogens with one attached hydrogen (secondary N) is 1. The van der Waals surface area contributed by atoms with E-state index in [0.29, 0.717) is 0 Å². The minimum Gasteiger partial charge on any atom is -0.359 e. The number of benzene rings is 1. The van der Waals surface area contributed by atoms with Gasteiger partial charge in [-0.25, -0.2) is 9.97 Å². The molecule has 1 aromatic carbocycles. The second-order valence-electron chi connectivity index (χ2n) is 3.95. The highest BCUT2D eigenvalue weighted by Gasteiger charge is 2.10. The Hall–Kier alpha value is -2.49. The molecular weight excluding hydrogens is 212 g/mol. The molecule has 4 heteroatoms. The van der Waals surface area contributed by atoms with E-state index < -0.39 is 0 Å². The van der Waals surface area contributed by atoms with Crippen LogP contribution in [0.3, 0.4) is 0 Å². The SMILES string of the molecule is c1c[nH]c2c(c1)c1ccncc1c1ncnc12. The lowest BCUT2D eigenvalue weighted by Gasteiger charge is -2.04. The molecule has 0 aliphatic rings. The van der Waals surface area contributed by atoms with Crippen molar-refractivity contribution in [2.75, 3.05) is 0 Å². The molecule has 0 bridgehead atoms. The molecule has 0 aliphatic carbocycles. The molecule has 0 aliphatic heterocycles. The fraction of sp³-hybridized carbons (Fsp3) is 0. The summed E-state index contributed by atoms with van der Waals surface area (Å²) in [6.45, 7) is 0. The van der Waals surface area contributed by atoms with Crippen molar-refractivity contribution in [3.05, 3.63) is 43.1 Å². The number of imidazole rings is 1. The van der Waals surface area contributed by atoms with Crippen LogP contribution >= 0.6 is 0 Å². The second-order valence-corrected chi connectivity index (χ2v) is 3.95. The number of aromatic amines is 1. The third-order valence-corrected chi connectivity index (χ3v) is 3.06. The first-order valence-electron chi connectivity index (χ1n) is 5.38. The first-order chi connectivity index (χ1) is 8.45. The Labute approximate surface area is 96.3 Å². The molecule has 0 saturated heterocycles. The van der Waals surface area contributed by atoms with Gasteiger partial charge in [0.05, 0.1) is 5.52 Å². The highest BCUT2D eigenvalue weighted by atomic mass is 14.9. The molecule has 0 spiro atoms. The monoisotopic (exact) mass is 220 g/mol. The van der Waals surface area contributed by atoms with Gasteiger partial charge in [0, 0.05) is 29.4 Å². The van der Waals surface area contributed by atoms with Gasteiger partial charge in [0.1, 0.15) is 17.4 Å². The molecule has 17 heavy (non-hydrogen) atoms. The Kier molecular flexibility index (Phi) is 1.53. The van der Waals surface area contributed by atoms with Crippen LogP contribution in [0.15, 0.2) is 43.1 Å². The van der Waals surface area contributed by atoms with Crippen LogP contribution in [0, 0.1) is 0 Å². The van der Waals surface area contributed by atoms with Gasteiger partial charge in [-0.15, -0.1) is 0 Å². The first-order valence-corrected chi connectivity index (χ1v) is 5.38. The highest BCUT2D eigenvalue weighted by Crippen LogP contribution is 2.30. The Morgan fingerprint density at radius 2 is 1.88 bits per heavy atom. The highest BCUT2D eigenvalue weighted by molar-refractivity contribution is 6.21. The predicted octanol–water partition coefficient (Wildman–Crippen LogP) is 2.66. The van der Waals surface area contributed by atoms with Crippen LogP contribution in [-0.2, 0) is 0 Å². The van der Waals surface area contributed by atoms with Crippen LogP contribution < -0.4 is 0 Å². The van der Waals surface area contributed by atoms with Crippen LogP contribution in [0.4, 0.5) is 0 Å². The second kappa shape index (κ2) is 3.01. The number of hydrogen-bond acceptors (Lipinski definition) is 3. The standard InChI is InChI=1S/C13H8N4/c1-2-9-8-3-5-14-6-10(8)12-13(17-7-16-12)11(9)15-4-1/h1-7,15H. The summed E-state index contributed by atoms with van der Waals surface area (Å²) in [7, 11) is 0. The number of nitrogens with zero attached hydrogens (tertiary/aromatic N) is 3. The molecule has 0 saturated carbocycles. The lowest BCUT2D eigenvalue weighted by atomic mass is 10.1. The Bertz CT molecular complexity index is 778. The lowest BCUT2D eigenvalue weighted by Crippen LogP contribution is -1.85. The Morgan fingerprint density at radius 1 is 0.941 bits per heavy atom. The quantitative estimate of drug-likeness (QED) is 0.463. The molecule has 4 rings (SSSR count). The number of fused-ring (bicyclic) bond motifs is 6. The zero-order chi connectivity index (χ0) is 11.2. The molecule has 80 valence electrons. The van der Waals surface area contributed by atoms with Crippen molar-refractivity contribution in [2.24, 2.45) is 0 Å². The van der Waals surface area contributed by atoms with Crippen LogP contribution in [0.1, 0.15) is 0 Å². The zero-order valence-corrected chi connectivity index (χ0v) is 8.88. The fourth-order valence-corrected chi connectivity index (χ4v) is 2.32.